The monoisotopic (exact) mass is 432 g/mol. The lowest BCUT2D eigenvalue weighted by Gasteiger charge is -2.37. The van der Waals surface area contributed by atoms with Crippen LogP contribution in [0.5, 0.6) is 5.75 Å². The summed E-state index contributed by atoms with van der Waals surface area (Å²) in [5, 5.41) is 12.2. The smallest absolute Gasteiger partial charge is 0.412 e. The van der Waals surface area contributed by atoms with Crippen LogP contribution in [0.4, 0.5) is 10.5 Å². The van der Waals surface area contributed by atoms with E-state index in [1.54, 1.807) is 0 Å². The fourth-order valence-electron chi connectivity index (χ4n) is 4.96. The van der Waals surface area contributed by atoms with Crippen molar-refractivity contribution in [2.45, 2.75) is 85.4 Å². The Morgan fingerprint density at radius 3 is 2.42 bits per heavy atom. The molecule has 1 amide bonds. The number of piperidine rings is 1. The number of amides is 1. The van der Waals surface area contributed by atoms with Crippen LogP contribution in [0.2, 0.25) is 0 Å². The number of hydrogen-bond acceptors (Lipinski definition) is 5. The molecule has 2 aliphatic rings. The second-order valence-corrected chi connectivity index (χ2v) is 10.6. The first-order chi connectivity index (χ1) is 14.4. The largest absolute Gasteiger partial charge is 0.485 e. The lowest BCUT2D eigenvalue weighted by molar-refractivity contribution is 0.0449. The zero-order valence-corrected chi connectivity index (χ0v) is 20.4. The second kappa shape index (κ2) is 8.99. The number of carbonyl (C=O) groups is 1. The van der Waals surface area contributed by atoms with Crippen LogP contribution in [0.25, 0.3) is 0 Å². The summed E-state index contributed by atoms with van der Waals surface area (Å²) in [4.78, 5) is 14.9. The van der Waals surface area contributed by atoms with Crippen molar-refractivity contribution in [3.05, 3.63) is 22.3 Å². The number of anilines is 1. The highest BCUT2D eigenvalue weighted by atomic mass is 16.6. The van der Waals surface area contributed by atoms with Gasteiger partial charge in [0.05, 0.1) is 5.69 Å². The number of hydrogen-bond donors (Lipinski definition) is 2. The predicted molar refractivity (Wildman–Crippen MR) is 124 cm³/mol. The molecule has 174 valence electrons. The Labute approximate surface area is 187 Å². The maximum Gasteiger partial charge on any atom is 0.412 e. The molecule has 0 aromatic heterocycles. The Bertz CT molecular complexity index is 822. The SMILES string of the molecule is Cc1c(C)c2c(c(C)c1NC(=O)OC(C)(C)C)CC(C)(CN1CCC(CCO)CC1)O2. The molecule has 1 unspecified atom stereocenters. The highest BCUT2D eigenvalue weighted by Crippen LogP contribution is 2.45. The summed E-state index contributed by atoms with van der Waals surface area (Å²) in [6, 6.07) is 0. The lowest BCUT2D eigenvalue weighted by Crippen LogP contribution is -2.47. The summed E-state index contributed by atoms with van der Waals surface area (Å²) >= 11 is 0. The van der Waals surface area contributed by atoms with E-state index >= 15 is 0 Å². The van der Waals surface area contributed by atoms with E-state index in [0.717, 1.165) is 73.4 Å². The minimum absolute atomic E-state index is 0.279. The number of nitrogens with zero attached hydrogens (tertiary/aromatic N) is 1. The molecule has 1 fully saturated rings. The van der Waals surface area contributed by atoms with Crippen molar-refractivity contribution in [2.75, 3.05) is 31.6 Å². The molecule has 1 saturated heterocycles. The highest BCUT2D eigenvalue weighted by Gasteiger charge is 2.40. The Hall–Kier alpha value is -1.79. The normalized spacial score (nSPS) is 22.2. The molecule has 0 spiro atoms. The van der Waals surface area contributed by atoms with Crippen LogP contribution in [-0.4, -0.2) is 53.5 Å². The van der Waals surface area contributed by atoms with Gasteiger partial charge in [0, 0.05) is 25.1 Å². The van der Waals surface area contributed by atoms with E-state index in [4.69, 9.17) is 9.47 Å². The number of likely N-dealkylation sites (tertiary alicyclic amines) is 1. The fourth-order valence-corrected chi connectivity index (χ4v) is 4.96. The van der Waals surface area contributed by atoms with Gasteiger partial charge in [0.2, 0.25) is 0 Å². The zero-order chi connectivity index (χ0) is 23.0. The molecule has 1 aromatic rings. The third-order valence-corrected chi connectivity index (χ3v) is 6.71. The van der Waals surface area contributed by atoms with Crippen LogP contribution in [0.15, 0.2) is 0 Å². The van der Waals surface area contributed by atoms with Gasteiger partial charge >= 0.3 is 6.09 Å². The third kappa shape index (κ3) is 5.53. The van der Waals surface area contributed by atoms with Crippen LogP contribution in [0, 0.1) is 26.7 Å². The van der Waals surface area contributed by atoms with Crippen LogP contribution in [0.1, 0.15) is 69.2 Å². The number of rotatable bonds is 5. The van der Waals surface area contributed by atoms with Crippen molar-refractivity contribution in [3.63, 3.8) is 0 Å². The van der Waals surface area contributed by atoms with Gasteiger partial charge in [-0.2, -0.15) is 0 Å². The number of carbonyl (C=O) groups excluding carboxylic acids is 1. The molecule has 3 rings (SSSR count). The predicted octanol–water partition coefficient (Wildman–Crippen LogP) is 4.75. The Morgan fingerprint density at radius 1 is 1.19 bits per heavy atom. The van der Waals surface area contributed by atoms with Gasteiger partial charge in [-0.1, -0.05) is 0 Å². The summed E-state index contributed by atoms with van der Waals surface area (Å²) in [6.45, 7) is 17.3. The van der Waals surface area contributed by atoms with Crippen molar-refractivity contribution in [1.29, 1.82) is 0 Å². The van der Waals surface area contributed by atoms with Gasteiger partial charge in [0.15, 0.2) is 0 Å². The Morgan fingerprint density at radius 2 is 1.84 bits per heavy atom. The van der Waals surface area contributed by atoms with Crippen LogP contribution < -0.4 is 10.1 Å². The summed E-state index contributed by atoms with van der Waals surface area (Å²) in [6.07, 6.45) is 3.60. The summed E-state index contributed by atoms with van der Waals surface area (Å²) in [5.41, 5.74) is 4.38. The zero-order valence-electron chi connectivity index (χ0n) is 20.4. The highest BCUT2D eigenvalue weighted by molar-refractivity contribution is 5.88. The first-order valence-corrected chi connectivity index (χ1v) is 11.6. The summed E-state index contributed by atoms with van der Waals surface area (Å²) in [5.74, 6) is 1.62. The molecular weight excluding hydrogens is 392 g/mol. The minimum Gasteiger partial charge on any atom is -0.485 e. The maximum absolute atomic E-state index is 12.4. The molecular formula is C25H40N2O4. The van der Waals surface area contributed by atoms with Gasteiger partial charge in [-0.15, -0.1) is 0 Å². The van der Waals surface area contributed by atoms with E-state index in [1.165, 1.54) is 5.56 Å². The number of nitrogens with one attached hydrogen (secondary N) is 1. The van der Waals surface area contributed by atoms with Gasteiger partial charge in [-0.05, 0) is 103 Å². The number of aliphatic hydroxyl groups excluding tert-OH is 1. The average Bonchev–Trinajstić information content (AvgIpc) is 3.02. The van der Waals surface area contributed by atoms with Gasteiger partial charge in [-0.25, -0.2) is 4.79 Å². The molecule has 0 radical (unpaired) electrons. The molecule has 2 aliphatic heterocycles. The molecule has 0 bridgehead atoms. The number of fused-ring (bicyclic) bond motifs is 1. The Kier molecular flexibility index (Phi) is 6.92. The van der Waals surface area contributed by atoms with Gasteiger partial charge in [-0.3, -0.25) is 10.2 Å². The second-order valence-electron chi connectivity index (χ2n) is 10.6. The molecule has 31 heavy (non-hydrogen) atoms. The van der Waals surface area contributed by atoms with E-state index in [2.05, 4.69) is 31.0 Å². The molecule has 2 heterocycles. The third-order valence-electron chi connectivity index (χ3n) is 6.71. The van der Waals surface area contributed by atoms with E-state index in [9.17, 15) is 9.90 Å². The molecule has 6 nitrogen and oxygen atoms in total. The van der Waals surface area contributed by atoms with E-state index in [1.807, 2.05) is 27.7 Å². The topological polar surface area (TPSA) is 71.0 Å². The van der Waals surface area contributed by atoms with Crippen LogP contribution >= 0.6 is 0 Å². The van der Waals surface area contributed by atoms with Gasteiger partial charge in [0.25, 0.3) is 0 Å². The van der Waals surface area contributed by atoms with Crippen molar-refractivity contribution < 1.29 is 19.4 Å². The van der Waals surface area contributed by atoms with E-state index < -0.39 is 11.7 Å². The number of ether oxygens (including phenoxy) is 2. The van der Waals surface area contributed by atoms with Gasteiger partial charge in [0.1, 0.15) is 17.0 Å². The molecule has 0 aliphatic carbocycles. The van der Waals surface area contributed by atoms with Crippen molar-refractivity contribution in [3.8, 4) is 5.75 Å². The molecule has 1 atom stereocenters. The van der Waals surface area contributed by atoms with Crippen molar-refractivity contribution in [2.24, 2.45) is 5.92 Å². The lowest BCUT2D eigenvalue weighted by atomic mass is 9.90. The van der Waals surface area contributed by atoms with Crippen molar-refractivity contribution >= 4 is 11.8 Å². The van der Waals surface area contributed by atoms with Crippen LogP contribution in [0.3, 0.4) is 0 Å². The van der Waals surface area contributed by atoms with E-state index in [-0.39, 0.29) is 5.60 Å². The maximum atomic E-state index is 12.4. The Balaban J connectivity index is 1.74. The molecule has 1 aromatic carbocycles. The summed E-state index contributed by atoms with van der Waals surface area (Å²) in [7, 11) is 0. The van der Waals surface area contributed by atoms with Crippen molar-refractivity contribution in [1.82, 2.24) is 4.90 Å². The summed E-state index contributed by atoms with van der Waals surface area (Å²) < 4.78 is 12.1. The quantitative estimate of drug-likeness (QED) is 0.703. The molecule has 0 saturated carbocycles. The standard InChI is InChI=1S/C25H40N2O4/c1-16-17(2)22-20(18(3)21(16)26-23(29)31-24(4,5)6)14-25(7,30-22)15-27-11-8-19(9-12-27)10-13-28/h19,28H,8-15H2,1-7H3,(H,26,29). The number of benzene rings is 1. The first kappa shape index (κ1) is 23.9. The minimum atomic E-state index is -0.538. The molecule has 2 N–H and O–H groups in total. The first-order valence-electron chi connectivity index (χ1n) is 11.6. The molecule has 6 heteroatoms. The fraction of sp³-hybridized carbons (Fsp3) is 0.720. The van der Waals surface area contributed by atoms with Crippen LogP contribution in [-0.2, 0) is 11.2 Å². The van der Waals surface area contributed by atoms with Gasteiger partial charge < -0.3 is 14.6 Å². The van der Waals surface area contributed by atoms with E-state index in [0.29, 0.717) is 12.5 Å². The average molecular weight is 433 g/mol. The number of aliphatic hydroxyl groups is 1.